The zero-order chi connectivity index (χ0) is 14.7. The molecule has 0 radical (unpaired) electrons. The summed E-state index contributed by atoms with van der Waals surface area (Å²) in [5, 5.41) is 0. The second-order valence-electron chi connectivity index (χ2n) is 4.28. The summed E-state index contributed by atoms with van der Waals surface area (Å²) in [5.41, 5.74) is 0. The molecule has 1 rings (SSSR count). The van der Waals surface area contributed by atoms with E-state index in [-0.39, 0.29) is 5.75 Å². The summed E-state index contributed by atoms with van der Waals surface area (Å²) >= 11 is 0. The third kappa shape index (κ3) is 12.7. The fourth-order valence-electron chi connectivity index (χ4n) is 1.35. The lowest BCUT2D eigenvalue weighted by molar-refractivity contribution is -0.116. The van der Waals surface area contributed by atoms with Gasteiger partial charge in [0.05, 0.1) is 23.3 Å². The second-order valence-corrected chi connectivity index (χ2v) is 8.14. The standard InChI is InChI=1S/C8H15O2S.C4H10O3S/c1-2-8(9)7-11-5-3-10-4-6-11;1-2-3-4-8(5,6)7/h2-7H2,1H3;2-4H2,1H3,(H,5,6,7)/q+1;/p-1. The topological polar surface area (TPSA) is 83.5 Å². The van der Waals surface area contributed by atoms with Crippen LogP contribution in [0.25, 0.3) is 0 Å². The summed E-state index contributed by atoms with van der Waals surface area (Å²) in [6.45, 7) is 5.50. The molecule has 19 heavy (non-hydrogen) atoms. The Balaban J connectivity index is 0.000000362. The van der Waals surface area contributed by atoms with E-state index in [1.165, 1.54) is 0 Å². The first-order valence-corrected chi connectivity index (χ1v) is 9.87. The Morgan fingerprint density at radius 1 is 1.26 bits per heavy atom. The smallest absolute Gasteiger partial charge is 0.181 e. The van der Waals surface area contributed by atoms with Gasteiger partial charge < -0.3 is 9.29 Å². The average molecular weight is 312 g/mol. The van der Waals surface area contributed by atoms with E-state index in [1.807, 2.05) is 13.8 Å². The number of hydrogen-bond acceptors (Lipinski definition) is 5. The van der Waals surface area contributed by atoms with Crippen LogP contribution in [-0.4, -0.2) is 55.0 Å². The predicted octanol–water partition coefficient (Wildman–Crippen LogP) is 0.946. The summed E-state index contributed by atoms with van der Waals surface area (Å²) < 4.78 is 34.7. The second kappa shape index (κ2) is 10.7. The lowest BCUT2D eigenvalue weighted by Gasteiger charge is -2.13. The average Bonchev–Trinajstić information content (AvgIpc) is 2.37. The van der Waals surface area contributed by atoms with E-state index in [0.29, 0.717) is 29.5 Å². The lowest BCUT2D eigenvalue weighted by Crippen LogP contribution is -2.31. The van der Waals surface area contributed by atoms with E-state index < -0.39 is 10.1 Å². The van der Waals surface area contributed by atoms with Crippen LogP contribution in [0.4, 0.5) is 0 Å². The van der Waals surface area contributed by atoms with Gasteiger partial charge in [-0.1, -0.05) is 20.3 Å². The van der Waals surface area contributed by atoms with E-state index in [4.69, 9.17) is 4.74 Å². The number of carbonyl (C=O) groups excluding carboxylic acids is 1. The Kier molecular flexibility index (Phi) is 10.6. The minimum atomic E-state index is -3.94. The first-order chi connectivity index (χ1) is 8.89. The zero-order valence-electron chi connectivity index (χ0n) is 11.7. The third-order valence-electron chi connectivity index (χ3n) is 2.54. The van der Waals surface area contributed by atoms with Gasteiger partial charge in [0.15, 0.2) is 11.5 Å². The van der Waals surface area contributed by atoms with Crippen molar-refractivity contribution in [1.82, 2.24) is 0 Å². The number of rotatable bonds is 6. The van der Waals surface area contributed by atoms with Gasteiger partial charge in [0, 0.05) is 12.2 Å². The Labute approximate surface area is 119 Å². The van der Waals surface area contributed by atoms with Crippen molar-refractivity contribution in [3.63, 3.8) is 0 Å². The molecule has 1 heterocycles. The molecule has 5 nitrogen and oxygen atoms in total. The normalized spacial score (nSPS) is 16.6. The highest BCUT2D eigenvalue weighted by atomic mass is 32.2. The van der Waals surface area contributed by atoms with E-state index in [1.54, 1.807) is 0 Å². The van der Waals surface area contributed by atoms with E-state index in [0.717, 1.165) is 36.9 Å². The fraction of sp³-hybridized carbons (Fsp3) is 0.917. The zero-order valence-corrected chi connectivity index (χ0v) is 13.4. The summed E-state index contributed by atoms with van der Waals surface area (Å²) in [6.07, 6.45) is 1.93. The van der Waals surface area contributed by atoms with Crippen LogP contribution in [0.2, 0.25) is 0 Å². The van der Waals surface area contributed by atoms with Crippen molar-refractivity contribution in [3.8, 4) is 0 Å². The molecule has 0 atom stereocenters. The van der Waals surface area contributed by atoms with Gasteiger partial charge in [0.2, 0.25) is 0 Å². The van der Waals surface area contributed by atoms with E-state index in [9.17, 15) is 17.8 Å². The summed E-state index contributed by atoms with van der Waals surface area (Å²) in [4.78, 5) is 11.0. The van der Waals surface area contributed by atoms with Crippen LogP contribution in [0.1, 0.15) is 33.1 Å². The quantitative estimate of drug-likeness (QED) is 0.538. The molecule has 0 aliphatic carbocycles. The molecule has 7 heteroatoms. The maximum atomic E-state index is 11.0. The van der Waals surface area contributed by atoms with Gasteiger partial charge in [-0.25, -0.2) is 8.42 Å². The molecule has 0 spiro atoms. The SMILES string of the molecule is CCC(=O)C[S+]1CCOCC1.CCCCS(=O)(=O)[O-]. The summed E-state index contributed by atoms with van der Waals surface area (Å²) in [7, 11) is -3.59. The lowest BCUT2D eigenvalue weighted by atomic mass is 10.4. The van der Waals surface area contributed by atoms with Gasteiger partial charge in [-0.05, 0) is 17.3 Å². The monoisotopic (exact) mass is 312 g/mol. The molecule has 114 valence electrons. The first kappa shape index (κ1) is 18.9. The third-order valence-corrected chi connectivity index (χ3v) is 5.55. The van der Waals surface area contributed by atoms with Crippen molar-refractivity contribution in [3.05, 3.63) is 0 Å². The van der Waals surface area contributed by atoms with Gasteiger partial charge in [0.1, 0.15) is 11.5 Å². The molecule has 0 bridgehead atoms. The van der Waals surface area contributed by atoms with Crippen molar-refractivity contribution >= 4 is 26.8 Å². The Bertz CT molecular complexity index is 334. The van der Waals surface area contributed by atoms with E-state index in [2.05, 4.69) is 0 Å². The molecular formula is C12H24O5S2. The Morgan fingerprint density at radius 2 is 1.84 bits per heavy atom. The van der Waals surface area contributed by atoms with Crippen LogP contribution in [0.15, 0.2) is 0 Å². The maximum absolute atomic E-state index is 11.0. The molecule has 0 unspecified atom stereocenters. The van der Waals surface area contributed by atoms with Crippen molar-refractivity contribution in [2.75, 3.05) is 36.2 Å². The minimum absolute atomic E-state index is 0.219. The molecule has 0 saturated carbocycles. The first-order valence-electron chi connectivity index (χ1n) is 6.56. The molecule has 0 N–H and O–H groups in total. The molecule has 0 aromatic carbocycles. The van der Waals surface area contributed by atoms with Gasteiger partial charge in [-0.15, -0.1) is 0 Å². The Hall–Kier alpha value is -0.110. The predicted molar refractivity (Wildman–Crippen MR) is 77.6 cm³/mol. The van der Waals surface area contributed by atoms with Crippen LogP contribution >= 0.6 is 0 Å². The van der Waals surface area contributed by atoms with Crippen molar-refractivity contribution in [1.29, 1.82) is 0 Å². The molecular weight excluding hydrogens is 288 g/mol. The molecule has 0 aromatic heterocycles. The van der Waals surface area contributed by atoms with Crippen LogP contribution in [0.5, 0.6) is 0 Å². The fourth-order valence-corrected chi connectivity index (χ4v) is 3.85. The highest BCUT2D eigenvalue weighted by Gasteiger charge is 2.24. The van der Waals surface area contributed by atoms with Gasteiger partial charge in [-0.2, -0.15) is 0 Å². The number of hydrogen-bond donors (Lipinski definition) is 0. The summed E-state index contributed by atoms with van der Waals surface area (Å²) in [6, 6.07) is 0. The van der Waals surface area contributed by atoms with E-state index >= 15 is 0 Å². The Morgan fingerprint density at radius 3 is 2.21 bits per heavy atom. The number of carbonyl (C=O) groups is 1. The van der Waals surface area contributed by atoms with Crippen molar-refractivity contribution in [2.45, 2.75) is 33.1 Å². The molecule has 1 aliphatic heterocycles. The van der Waals surface area contributed by atoms with Crippen LogP contribution in [0, 0.1) is 0 Å². The van der Waals surface area contributed by atoms with Crippen molar-refractivity contribution < 1.29 is 22.5 Å². The van der Waals surface area contributed by atoms with Gasteiger partial charge in [-0.3, -0.25) is 4.79 Å². The highest BCUT2D eigenvalue weighted by Crippen LogP contribution is 2.04. The van der Waals surface area contributed by atoms with Crippen LogP contribution < -0.4 is 0 Å². The maximum Gasteiger partial charge on any atom is 0.181 e. The number of ketones is 1. The van der Waals surface area contributed by atoms with Crippen LogP contribution in [0.3, 0.4) is 0 Å². The van der Waals surface area contributed by atoms with Crippen LogP contribution in [-0.2, 0) is 30.5 Å². The number of ether oxygens (including phenoxy) is 1. The molecule has 1 saturated heterocycles. The molecule has 0 aromatic rings. The molecule has 0 amide bonds. The minimum Gasteiger partial charge on any atom is -0.748 e. The number of unbranched alkanes of at least 4 members (excludes halogenated alkanes) is 1. The number of Topliss-reactive ketones (excluding diaryl/α,β-unsaturated/α-hetero) is 1. The van der Waals surface area contributed by atoms with Gasteiger partial charge >= 0.3 is 0 Å². The largest absolute Gasteiger partial charge is 0.748 e. The highest BCUT2D eigenvalue weighted by molar-refractivity contribution is 7.97. The van der Waals surface area contributed by atoms with Crippen molar-refractivity contribution in [2.24, 2.45) is 0 Å². The van der Waals surface area contributed by atoms with Gasteiger partial charge in [0.25, 0.3) is 0 Å². The molecule has 1 aliphatic rings. The summed E-state index contributed by atoms with van der Waals surface area (Å²) in [5.74, 6) is 3.20. The molecule has 1 fully saturated rings.